The summed E-state index contributed by atoms with van der Waals surface area (Å²) in [6.45, 7) is 1.71. The van der Waals surface area contributed by atoms with Gasteiger partial charge in [-0.25, -0.2) is 0 Å². The molecular formula is C12H9ClO3. The summed E-state index contributed by atoms with van der Waals surface area (Å²) >= 11 is 5.77. The average Bonchev–Trinajstić information content (AvgIpc) is 2.27. The zero-order chi connectivity index (χ0) is 11.9. The molecule has 0 fully saturated rings. The molecule has 0 saturated heterocycles. The lowest BCUT2D eigenvalue weighted by Crippen LogP contribution is -2.36. The van der Waals surface area contributed by atoms with Gasteiger partial charge in [0.2, 0.25) is 11.6 Å². The number of benzene rings is 1. The lowest BCUT2D eigenvalue weighted by molar-refractivity contribution is -0.117. The fourth-order valence-corrected chi connectivity index (χ4v) is 2.06. The second kappa shape index (κ2) is 3.83. The molecule has 0 saturated carbocycles. The van der Waals surface area contributed by atoms with E-state index in [4.69, 9.17) is 11.6 Å². The van der Waals surface area contributed by atoms with Crippen molar-refractivity contribution in [2.45, 2.75) is 13.3 Å². The summed E-state index contributed by atoms with van der Waals surface area (Å²) in [5.74, 6) is -2.33. The highest BCUT2D eigenvalue weighted by Crippen LogP contribution is 2.27. The van der Waals surface area contributed by atoms with Crippen molar-refractivity contribution in [3.8, 4) is 0 Å². The van der Waals surface area contributed by atoms with Crippen LogP contribution in [0.25, 0.3) is 0 Å². The number of hydrogen-bond donors (Lipinski definition) is 0. The Hall–Kier alpha value is -1.48. The Kier molecular flexibility index (Phi) is 2.64. The van der Waals surface area contributed by atoms with Crippen molar-refractivity contribution in [1.29, 1.82) is 0 Å². The molecule has 16 heavy (non-hydrogen) atoms. The Labute approximate surface area is 97.4 Å². The topological polar surface area (TPSA) is 51.2 Å². The van der Waals surface area contributed by atoms with Crippen molar-refractivity contribution in [2.75, 3.05) is 0 Å². The first kappa shape index (κ1) is 11.0. The predicted octanol–water partition coefficient (Wildman–Crippen LogP) is 2.31. The third-order valence-electron chi connectivity index (χ3n) is 2.76. The normalized spacial score (nSPS) is 19.9. The van der Waals surface area contributed by atoms with Gasteiger partial charge in [0.05, 0.1) is 5.92 Å². The number of rotatable bonds is 1. The van der Waals surface area contributed by atoms with Gasteiger partial charge in [0, 0.05) is 16.1 Å². The largest absolute Gasteiger partial charge is 0.293 e. The summed E-state index contributed by atoms with van der Waals surface area (Å²) < 4.78 is 0. The van der Waals surface area contributed by atoms with E-state index in [0.717, 1.165) is 0 Å². The van der Waals surface area contributed by atoms with E-state index in [1.807, 2.05) is 0 Å². The molecule has 1 aromatic carbocycles. The monoisotopic (exact) mass is 236 g/mol. The van der Waals surface area contributed by atoms with Crippen molar-refractivity contribution < 1.29 is 14.4 Å². The summed E-state index contributed by atoms with van der Waals surface area (Å²) in [4.78, 5) is 35.2. The molecule has 82 valence electrons. The fourth-order valence-electron chi connectivity index (χ4n) is 1.89. The first-order chi connectivity index (χ1) is 7.56. The molecule has 0 spiro atoms. The quantitative estimate of drug-likeness (QED) is 0.555. The molecule has 1 aliphatic rings. The maximum Gasteiger partial charge on any atom is 0.230 e. The Morgan fingerprint density at radius 2 is 1.81 bits per heavy atom. The third kappa shape index (κ3) is 1.48. The number of carbonyl (C=O) groups is 3. The van der Waals surface area contributed by atoms with Gasteiger partial charge in [-0.2, -0.15) is 0 Å². The molecule has 0 heterocycles. The lowest BCUT2D eigenvalue weighted by atomic mass is 9.80. The second-order valence-electron chi connectivity index (χ2n) is 3.71. The van der Waals surface area contributed by atoms with Crippen LogP contribution in [0.15, 0.2) is 18.2 Å². The van der Waals surface area contributed by atoms with Crippen molar-refractivity contribution in [1.82, 2.24) is 0 Å². The summed E-state index contributed by atoms with van der Waals surface area (Å²) in [5.41, 5.74) is 0.438. The van der Waals surface area contributed by atoms with Crippen LogP contribution in [0.5, 0.6) is 0 Å². The van der Waals surface area contributed by atoms with E-state index in [9.17, 15) is 14.4 Å². The highest BCUT2D eigenvalue weighted by atomic mass is 35.5. The van der Waals surface area contributed by atoms with Gasteiger partial charge < -0.3 is 0 Å². The second-order valence-corrected chi connectivity index (χ2v) is 4.14. The lowest BCUT2D eigenvalue weighted by Gasteiger charge is -2.19. The molecule has 1 atom stereocenters. The summed E-state index contributed by atoms with van der Waals surface area (Å²) in [6.07, 6.45) is 0.343. The molecule has 1 unspecified atom stereocenters. The first-order valence-electron chi connectivity index (χ1n) is 4.98. The maximum atomic E-state index is 11.9. The van der Waals surface area contributed by atoms with E-state index >= 15 is 0 Å². The zero-order valence-electron chi connectivity index (χ0n) is 8.62. The summed E-state index contributed by atoms with van der Waals surface area (Å²) in [5, 5.41) is 0.393. The van der Waals surface area contributed by atoms with Crippen LogP contribution >= 0.6 is 11.6 Å². The van der Waals surface area contributed by atoms with E-state index in [0.29, 0.717) is 11.4 Å². The van der Waals surface area contributed by atoms with Crippen LogP contribution in [-0.4, -0.2) is 17.3 Å². The van der Waals surface area contributed by atoms with Crippen molar-refractivity contribution in [3.05, 3.63) is 34.3 Å². The van der Waals surface area contributed by atoms with Gasteiger partial charge in [0.25, 0.3) is 0 Å². The van der Waals surface area contributed by atoms with Gasteiger partial charge in [0.15, 0.2) is 5.78 Å². The van der Waals surface area contributed by atoms with Crippen molar-refractivity contribution in [3.63, 3.8) is 0 Å². The first-order valence-corrected chi connectivity index (χ1v) is 5.36. The predicted molar refractivity (Wildman–Crippen MR) is 58.9 cm³/mol. The molecular weight excluding hydrogens is 228 g/mol. The molecule has 0 aliphatic heterocycles. The molecule has 4 heteroatoms. The molecule has 0 N–H and O–H groups in total. The van der Waals surface area contributed by atoms with Crippen LogP contribution in [-0.2, 0) is 4.79 Å². The summed E-state index contributed by atoms with van der Waals surface area (Å²) in [7, 11) is 0. The van der Waals surface area contributed by atoms with Gasteiger partial charge in [-0.05, 0) is 24.6 Å². The van der Waals surface area contributed by atoms with Crippen LogP contribution in [0, 0.1) is 5.92 Å². The average molecular weight is 237 g/mol. The van der Waals surface area contributed by atoms with Gasteiger partial charge in [-0.15, -0.1) is 0 Å². The third-order valence-corrected chi connectivity index (χ3v) is 2.99. The molecule has 0 amide bonds. The van der Waals surface area contributed by atoms with Gasteiger partial charge in [-0.3, -0.25) is 14.4 Å². The number of ketones is 3. The van der Waals surface area contributed by atoms with E-state index in [1.54, 1.807) is 6.92 Å². The Morgan fingerprint density at radius 1 is 1.12 bits per heavy atom. The van der Waals surface area contributed by atoms with E-state index < -0.39 is 17.5 Å². The van der Waals surface area contributed by atoms with E-state index in [-0.39, 0.29) is 16.9 Å². The molecule has 0 radical (unpaired) electrons. The SMILES string of the molecule is CCC1C(=O)C(=O)c2ccc(Cl)cc2C1=O. The van der Waals surface area contributed by atoms with Crippen LogP contribution in [0.2, 0.25) is 5.02 Å². The number of fused-ring (bicyclic) bond motifs is 1. The highest BCUT2D eigenvalue weighted by Gasteiger charge is 2.38. The zero-order valence-corrected chi connectivity index (χ0v) is 9.38. The van der Waals surface area contributed by atoms with Crippen molar-refractivity contribution >= 4 is 29.0 Å². The van der Waals surface area contributed by atoms with Crippen LogP contribution in [0.3, 0.4) is 0 Å². The van der Waals surface area contributed by atoms with Crippen LogP contribution in [0.1, 0.15) is 34.1 Å². The minimum atomic E-state index is -0.835. The molecule has 0 bridgehead atoms. The molecule has 1 aliphatic carbocycles. The number of hydrogen-bond acceptors (Lipinski definition) is 3. The van der Waals surface area contributed by atoms with E-state index in [2.05, 4.69) is 0 Å². The van der Waals surface area contributed by atoms with E-state index in [1.165, 1.54) is 18.2 Å². The molecule has 1 aromatic rings. The minimum Gasteiger partial charge on any atom is -0.293 e. The maximum absolute atomic E-state index is 11.9. The van der Waals surface area contributed by atoms with Crippen molar-refractivity contribution in [2.24, 2.45) is 5.92 Å². The smallest absolute Gasteiger partial charge is 0.230 e. The number of carbonyl (C=O) groups excluding carboxylic acids is 3. The highest BCUT2D eigenvalue weighted by molar-refractivity contribution is 6.52. The Bertz CT molecular complexity index is 505. The standard InChI is InChI=1S/C12H9ClO3/c1-2-7-10(14)9-5-6(13)3-4-8(9)12(16)11(7)15/h3-5,7H,2H2,1H3. The van der Waals surface area contributed by atoms with Gasteiger partial charge >= 0.3 is 0 Å². The molecule has 0 aromatic heterocycles. The Morgan fingerprint density at radius 3 is 2.44 bits per heavy atom. The minimum absolute atomic E-state index is 0.170. The van der Waals surface area contributed by atoms with Crippen LogP contribution in [0.4, 0.5) is 0 Å². The molecule has 3 nitrogen and oxygen atoms in total. The Balaban J connectivity index is 2.64. The van der Waals surface area contributed by atoms with Crippen LogP contribution < -0.4 is 0 Å². The van der Waals surface area contributed by atoms with Gasteiger partial charge in [-0.1, -0.05) is 18.5 Å². The molecule has 2 rings (SSSR count). The summed E-state index contributed by atoms with van der Waals surface area (Å²) in [6, 6.07) is 4.39. The fraction of sp³-hybridized carbons (Fsp3) is 0.250. The number of halogens is 1. The van der Waals surface area contributed by atoms with Gasteiger partial charge in [0.1, 0.15) is 0 Å². The number of Topliss-reactive ketones (excluding diaryl/α,β-unsaturated/α-hetero) is 3.